The lowest BCUT2D eigenvalue weighted by Gasteiger charge is -2.11. The third-order valence-electron chi connectivity index (χ3n) is 4.17. The van der Waals surface area contributed by atoms with E-state index in [-0.39, 0.29) is 16.0 Å². The number of hydrogen-bond donors (Lipinski definition) is 1. The maximum Gasteiger partial charge on any atom is 0.416 e. The van der Waals surface area contributed by atoms with Crippen LogP contribution in [0, 0.1) is 11.8 Å². The molecule has 3 aromatic rings. The molecule has 1 aromatic heterocycles. The second kappa shape index (κ2) is 8.69. The fourth-order valence-corrected chi connectivity index (χ4v) is 3.72. The van der Waals surface area contributed by atoms with Gasteiger partial charge in [-0.25, -0.2) is 13.4 Å². The predicted molar refractivity (Wildman–Crippen MR) is 106 cm³/mol. The van der Waals surface area contributed by atoms with Crippen LogP contribution in [0.4, 0.5) is 13.2 Å². The maximum absolute atomic E-state index is 13.4. The number of hydrogen-bond acceptors (Lipinski definition) is 4. The highest BCUT2D eigenvalue weighted by Gasteiger charge is 2.31. The summed E-state index contributed by atoms with van der Waals surface area (Å²) in [5.41, 5.74) is 0.380. The lowest BCUT2D eigenvalue weighted by atomic mass is 9.99. The van der Waals surface area contributed by atoms with E-state index in [0.717, 1.165) is 12.1 Å². The summed E-state index contributed by atoms with van der Waals surface area (Å²) in [6.45, 7) is -0.518. The Kier molecular flexibility index (Phi) is 6.25. The summed E-state index contributed by atoms with van der Waals surface area (Å²) >= 11 is 0. The van der Waals surface area contributed by atoms with Crippen LogP contribution in [0.2, 0.25) is 0 Å². The monoisotopic (exact) mass is 431 g/mol. The van der Waals surface area contributed by atoms with Crippen LogP contribution < -0.4 is 0 Å². The quantitative estimate of drug-likeness (QED) is 0.636. The van der Waals surface area contributed by atoms with Crippen molar-refractivity contribution in [2.45, 2.75) is 11.1 Å². The van der Waals surface area contributed by atoms with Crippen LogP contribution in [0.3, 0.4) is 0 Å². The van der Waals surface area contributed by atoms with Gasteiger partial charge in [0.25, 0.3) is 0 Å². The lowest BCUT2D eigenvalue weighted by molar-refractivity contribution is -0.137. The zero-order chi connectivity index (χ0) is 21.8. The zero-order valence-electron chi connectivity index (χ0n) is 15.5. The molecular formula is C22H16F3NO3S. The number of benzene rings is 2. The fourth-order valence-electron chi connectivity index (χ4n) is 2.70. The van der Waals surface area contributed by atoms with Crippen molar-refractivity contribution in [3.8, 4) is 23.0 Å². The topological polar surface area (TPSA) is 67.3 Å². The number of nitrogens with zero attached hydrogens (tertiary/aromatic N) is 1. The van der Waals surface area contributed by atoms with E-state index in [1.54, 1.807) is 18.2 Å². The molecule has 8 heteroatoms. The number of rotatable bonds is 4. The largest absolute Gasteiger partial charge is 0.416 e. The third kappa shape index (κ3) is 5.26. The molecule has 0 aliphatic heterocycles. The van der Waals surface area contributed by atoms with E-state index in [1.165, 1.54) is 36.5 Å². The molecule has 0 unspecified atom stereocenters. The molecule has 4 nitrogen and oxygen atoms in total. The van der Waals surface area contributed by atoms with Crippen LogP contribution in [0.25, 0.3) is 11.1 Å². The molecule has 0 saturated heterocycles. The minimum atomic E-state index is -4.57. The predicted octanol–water partition coefficient (Wildman–Crippen LogP) is 3.93. The standard InChI is InChI=1S/C22H16F3NO3S/c23-22(24,25)19-14-16(4-7-20-3-1-2-10-26-20)13-18(15-19)17-5-8-21(9-6-17)30(28,29)12-11-27/h1-3,5-6,8-10,13-15,27H,11-12H2. The molecule has 0 fully saturated rings. The van der Waals surface area contributed by atoms with E-state index in [4.69, 9.17) is 5.11 Å². The number of aromatic nitrogens is 1. The van der Waals surface area contributed by atoms with Crippen molar-refractivity contribution < 1.29 is 26.7 Å². The maximum atomic E-state index is 13.4. The first-order chi connectivity index (χ1) is 14.2. The Labute approximate surface area is 172 Å². The molecule has 0 atom stereocenters. The fraction of sp³-hybridized carbons (Fsp3) is 0.136. The molecule has 3 rings (SSSR count). The van der Waals surface area contributed by atoms with Crippen LogP contribution in [0.15, 0.2) is 71.8 Å². The highest BCUT2D eigenvalue weighted by Crippen LogP contribution is 2.33. The molecular weight excluding hydrogens is 415 g/mol. The van der Waals surface area contributed by atoms with Gasteiger partial charge in [0.05, 0.1) is 22.8 Å². The summed E-state index contributed by atoms with van der Waals surface area (Å²) in [5, 5.41) is 8.86. The molecule has 30 heavy (non-hydrogen) atoms. The Morgan fingerprint density at radius 3 is 2.27 bits per heavy atom. The molecule has 1 N–H and O–H groups in total. The molecule has 0 bridgehead atoms. The molecule has 1 heterocycles. The van der Waals surface area contributed by atoms with E-state index in [9.17, 15) is 21.6 Å². The van der Waals surface area contributed by atoms with Crippen molar-refractivity contribution in [3.05, 3.63) is 83.7 Å². The SMILES string of the molecule is O=S(=O)(CCO)c1ccc(-c2cc(C#Cc3ccccn3)cc(C(F)(F)F)c2)cc1. The van der Waals surface area contributed by atoms with Gasteiger partial charge in [0.2, 0.25) is 0 Å². The Morgan fingerprint density at radius 2 is 1.67 bits per heavy atom. The number of aliphatic hydroxyl groups is 1. The lowest BCUT2D eigenvalue weighted by Crippen LogP contribution is -2.09. The minimum Gasteiger partial charge on any atom is -0.395 e. The average Bonchev–Trinajstić information content (AvgIpc) is 2.72. The van der Waals surface area contributed by atoms with E-state index in [0.29, 0.717) is 11.3 Å². The first-order valence-electron chi connectivity index (χ1n) is 8.78. The van der Waals surface area contributed by atoms with E-state index in [1.807, 2.05) is 0 Å². The molecule has 0 amide bonds. The normalized spacial score (nSPS) is 11.6. The van der Waals surface area contributed by atoms with Crippen molar-refractivity contribution >= 4 is 9.84 Å². The van der Waals surface area contributed by atoms with Gasteiger partial charge in [-0.2, -0.15) is 13.2 Å². The summed E-state index contributed by atoms with van der Waals surface area (Å²) in [4.78, 5) is 4.01. The van der Waals surface area contributed by atoms with Crippen LogP contribution in [0.5, 0.6) is 0 Å². The number of halogens is 3. The first-order valence-corrected chi connectivity index (χ1v) is 10.4. The van der Waals surface area contributed by atoms with Crippen LogP contribution in [0.1, 0.15) is 16.8 Å². The molecule has 0 aliphatic rings. The average molecular weight is 431 g/mol. The summed E-state index contributed by atoms with van der Waals surface area (Å²) in [5.74, 6) is 5.00. The highest BCUT2D eigenvalue weighted by molar-refractivity contribution is 7.91. The zero-order valence-corrected chi connectivity index (χ0v) is 16.3. The molecule has 154 valence electrons. The Morgan fingerprint density at radius 1 is 0.933 bits per heavy atom. The van der Waals surface area contributed by atoms with E-state index in [2.05, 4.69) is 16.8 Å². The Bertz CT molecular complexity index is 1190. The van der Waals surface area contributed by atoms with Gasteiger partial charge < -0.3 is 5.11 Å². The van der Waals surface area contributed by atoms with Crippen LogP contribution in [-0.4, -0.2) is 30.9 Å². The summed E-state index contributed by atoms with van der Waals surface area (Å²) in [7, 11) is -3.65. The summed E-state index contributed by atoms with van der Waals surface area (Å²) in [6, 6.07) is 14.0. The van der Waals surface area contributed by atoms with Crippen molar-refractivity contribution in [2.24, 2.45) is 0 Å². The molecule has 2 aromatic carbocycles. The number of alkyl halides is 3. The van der Waals surface area contributed by atoms with Crippen molar-refractivity contribution in [3.63, 3.8) is 0 Å². The Hall–Kier alpha value is -3.15. The van der Waals surface area contributed by atoms with Crippen molar-refractivity contribution in [1.29, 1.82) is 0 Å². The van der Waals surface area contributed by atoms with Gasteiger partial charge >= 0.3 is 6.18 Å². The van der Waals surface area contributed by atoms with Crippen molar-refractivity contribution in [2.75, 3.05) is 12.4 Å². The van der Waals surface area contributed by atoms with Gasteiger partial charge in [-0.3, -0.25) is 0 Å². The number of aliphatic hydroxyl groups excluding tert-OH is 1. The highest BCUT2D eigenvalue weighted by atomic mass is 32.2. The smallest absolute Gasteiger partial charge is 0.395 e. The van der Waals surface area contributed by atoms with E-state index >= 15 is 0 Å². The Balaban J connectivity index is 2.03. The number of sulfone groups is 1. The van der Waals surface area contributed by atoms with Crippen LogP contribution >= 0.6 is 0 Å². The number of pyridine rings is 1. The van der Waals surface area contributed by atoms with Crippen molar-refractivity contribution in [1.82, 2.24) is 4.98 Å². The van der Waals surface area contributed by atoms with Gasteiger partial charge in [0.15, 0.2) is 9.84 Å². The van der Waals surface area contributed by atoms with Gasteiger partial charge in [-0.15, -0.1) is 0 Å². The second-order valence-electron chi connectivity index (χ2n) is 6.33. The summed E-state index contributed by atoms with van der Waals surface area (Å²) in [6.07, 6.45) is -3.03. The summed E-state index contributed by atoms with van der Waals surface area (Å²) < 4.78 is 64.1. The van der Waals surface area contributed by atoms with Gasteiger partial charge in [0, 0.05) is 11.8 Å². The molecule has 0 spiro atoms. The van der Waals surface area contributed by atoms with Gasteiger partial charge in [-0.05, 0) is 59.5 Å². The molecule has 0 aliphatic carbocycles. The molecule has 0 saturated carbocycles. The third-order valence-corrected chi connectivity index (χ3v) is 5.88. The van der Waals surface area contributed by atoms with E-state index < -0.39 is 33.9 Å². The minimum absolute atomic E-state index is 0.0116. The van der Waals surface area contributed by atoms with Crippen LogP contribution in [-0.2, 0) is 16.0 Å². The first kappa shape index (κ1) is 21.6. The van der Waals surface area contributed by atoms with Gasteiger partial charge in [0.1, 0.15) is 5.69 Å². The van der Waals surface area contributed by atoms with Gasteiger partial charge in [-0.1, -0.05) is 24.1 Å². The second-order valence-corrected chi connectivity index (χ2v) is 8.44. The molecule has 0 radical (unpaired) electrons.